The molecule has 3 rings (SSSR count). The lowest BCUT2D eigenvalue weighted by atomic mass is 9.80. The second kappa shape index (κ2) is 10.7. The minimum atomic E-state index is -0.962. The van der Waals surface area contributed by atoms with Gasteiger partial charge < -0.3 is 10.4 Å². The van der Waals surface area contributed by atoms with Crippen LogP contribution in [0.4, 0.5) is 5.82 Å². The summed E-state index contributed by atoms with van der Waals surface area (Å²) in [6.07, 6.45) is -0.164. The minimum absolute atomic E-state index is 0.0284. The summed E-state index contributed by atoms with van der Waals surface area (Å²) >= 11 is 0. The lowest BCUT2D eigenvalue weighted by Gasteiger charge is -2.23. The fraction of sp³-hybridized carbons (Fsp3) is 0.357. The number of carboxylic acids is 1. The SMILES string of the molecule is Cc1ccccc1C(CC(=O)O)C(C)C(=O)c1cc(NCC(=O)C(C)(C)C)n(-c2ccccc2)n1. The van der Waals surface area contributed by atoms with Crippen LogP contribution in [0.1, 0.15) is 61.6 Å². The van der Waals surface area contributed by atoms with E-state index in [1.54, 1.807) is 17.7 Å². The summed E-state index contributed by atoms with van der Waals surface area (Å²) in [6, 6.07) is 18.5. The summed E-state index contributed by atoms with van der Waals surface area (Å²) in [6.45, 7) is 9.33. The van der Waals surface area contributed by atoms with E-state index in [9.17, 15) is 19.5 Å². The molecule has 0 fully saturated rings. The molecule has 7 heteroatoms. The molecule has 3 aromatic rings. The van der Waals surface area contributed by atoms with Gasteiger partial charge in [0, 0.05) is 23.3 Å². The largest absolute Gasteiger partial charge is 0.481 e. The fourth-order valence-electron chi connectivity index (χ4n) is 3.99. The average molecular weight is 476 g/mol. The number of carbonyl (C=O) groups excluding carboxylic acids is 2. The predicted molar refractivity (Wildman–Crippen MR) is 136 cm³/mol. The van der Waals surface area contributed by atoms with Gasteiger partial charge in [0.05, 0.1) is 18.7 Å². The number of ketones is 2. The summed E-state index contributed by atoms with van der Waals surface area (Å²) in [5, 5.41) is 17.3. The van der Waals surface area contributed by atoms with Gasteiger partial charge in [0.25, 0.3) is 0 Å². The Morgan fingerprint density at radius 1 is 1.03 bits per heavy atom. The number of carbonyl (C=O) groups is 3. The van der Waals surface area contributed by atoms with E-state index in [-0.39, 0.29) is 30.2 Å². The topological polar surface area (TPSA) is 101 Å². The Kier molecular flexibility index (Phi) is 7.89. The number of rotatable bonds is 10. The van der Waals surface area contributed by atoms with E-state index in [1.807, 2.05) is 82.3 Å². The molecule has 184 valence electrons. The first-order valence-electron chi connectivity index (χ1n) is 11.7. The van der Waals surface area contributed by atoms with Gasteiger partial charge >= 0.3 is 5.97 Å². The van der Waals surface area contributed by atoms with Crippen LogP contribution in [0.15, 0.2) is 60.7 Å². The van der Waals surface area contributed by atoms with Crippen molar-refractivity contribution in [2.45, 2.75) is 47.0 Å². The summed E-state index contributed by atoms with van der Waals surface area (Å²) < 4.78 is 1.61. The zero-order valence-corrected chi connectivity index (χ0v) is 20.9. The van der Waals surface area contributed by atoms with E-state index < -0.39 is 23.2 Å². The van der Waals surface area contributed by atoms with Gasteiger partial charge in [0.15, 0.2) is 11.6 Å². The Morgan fingerprint density at radius 3 is 2.26 bits per heavy atom. The zero-order valence-electron chi connectivity index (χ0n) is 20.9. The number of anilines is 1. The summed E-state index contributed by atoms with van der Waals surface area (Å²) in [5.74, 6) is -1.77. The van der Waals surface area contributed by atoms with E-state index >= 15 is 0 Å². The van der Waals surface area contributed by atoms with Gasteiger partial charge in [0.1, 0.15) is 11.5 Å². The van der Waals surface area contributed by atoms with E-state index in [1.165, 1.54) is 0 Å². The molecule has 0 aliphatic rings. The van der Waals surface area contributed by atoms with Crippen LogP contribution in [0, 0.1) is 18.3 Å². The molecule has 2 N–H and O–H groups in total. The minimum Gasteiger partial charge on any atom is -0.481 e. The Labute approximate surface area is 206 Å². The van der Waals surface area contributed by atoms with Gasteiger partial charge in [-0.25, -0.2) is 4.68 Å². The van der Waals surface area contributed by atoms with Crippen molar-refractivity contribution < 1.29 is 19.5 Å². The Bertz CT molecular complexity index is 1210. The quantitative estimate of drug-likeness (QED) is 0.387. The van der Waals surface area contributed by atoms with Crippen LogP contribution in [0.5, 0.6) is 0 Å². The van der Waals surface area contributed by atoms with Crippen LogP contribution < -0.4 is 5.32 Å². The van der Waals surface area contributed by atoms with Gasteiger partial charge in [-0.15, -0.1) is 0 Å². The highest BCUT2D eigenvalue weighted by Crippen LogP contribution is 2.33. The fourth-order valence-corrected chi connectivity index (χ4v) is 3.99. The van der Waals surface area contributed by atoms with Crippen molar-refractivity contribution >= 4 is 23.4 Å². The third-order valence-electron chi connectivity index (χ3n) is 6.23. The number of aromatic nitrogens is 2. The average Bonchev–Trinajstić information content (AvgIpc) is 3.24. The van der Waals surface area contributed by atoms with E-state index in [4.69, 9.17) is 0 Å². The van der Waals surface area contributed by atoms with E-state index in [2.05, 4.69) is 10.4 Å². The third kappa shape index (κ3) is 6.23. The lowest BCUT2D eigenvalue weighted by Crippen LogP contribution is -2.28. The predicted octanol–water partition coefficient (Wildman–Crippen LogP) is 5.29. The maximum atomic E-state index is 13.6. The van der Waals surface area contributed by atoms with Gasteiger partial charge in [-0.05, 0) is 30.2 Å². The molecule has 2 atom stereocenters. The summed E-state index contributed by atoms with van der Waals surface area (Å²) in [4.78, 5) is 37.7. The first-order chi connectivity index (χ1) is 16.5. The van der Waals surface area contributed by atoms with Gasteiger partial charge in [-0.1, -0.05) is 70.2 Å². The molecule has 1 heterocycles. The second-order valence-corrected chi connectivity index (χ2v) is 9.90. The zero-order chi connectivity index (χ0) is 25.8. The van der Waals surface area contributed by atoms with Crippen LogP contribution in [-0.2, 0) is 9.59 Å². The van der Waals surface area contributed by atoms with Crippen molar-refractivity contribution in [1.29, 1.82) is 0 Å². The molecule has 0 aliphatic heterocycles. The van der Waals surface area contributed by atoms with Crippen molar-refractivity contribution in [3.05, 3.63) is 77.5 Å². The van der Waals surface area contributed by atoms with Crippen molar-refractivity contribution in [3.63, 3.8) is 0 Å². The Morgan fingerprint density at radius 2 is 1.66 bits per heavy atom. The van der Waals surface area contributed by atoms with Crippen LogP contribution in [0.3, 0.4) is 0 Å². The number of aryl methyl sites for hydroxylation is 1. The molecule has 7 nitrogen and oxygen atoms in total. The van der Waals surface area contributed by atoms with Crippen molar-refractivity contribution in [2.75, 3.05) is 11.9 Å². The van der Waals surface area contributed by atoms with E-state index in [0.717, 1.165) is 16.8 Å². The van der Waals surface area contributed by atoms with Gasteiger partial charge in [-0.2, -0.15) is 5.10 Å². The number of nitrogens with zero attached hydrogens (tertiary/aromatic N) is 2. The molecular weight excluding hydrogens is 442 g/mol. The third-order valence-corrected chi connectivity index (χ3v) is 6.23. The highest BCUT2D eigenvalue weighted by molar-refractivity contribution is 5.98. The molecule has 2 unspecified atom stereocenters. The smallest absolute Gasteiger partial charge is 0.303 e. The standard InChI is InChI=1S/C28H33N3O4/c1-18-11-9-10-14-21(18)22(15-26(33)34)19(2)27(35)23-16-25(29-17-24(32)28(3,4)5)31(30-23)20-12-7-6-8-13-20/h6-14,16,19,22,29H,15,17H2,1-5H3,(H,33,34). The number of hydrogen-bond donors (Lipinski definition) is 2. The highest BCUT2D eigenvalue weighted by Gasteiger charge is 2.31. The molecule has 0 spiro atoms. The van der Waals surface area contributed by atoms with Crippen LogP contribution in [0.2, 0.25) is 0 Å². The molecule has 0 aliphatic carbocycles. The highest BCUT2D eigenvalue weighted by atomic mass is 16.4. The monoisotopic (exact) mass is 475 g/mol. The van der Waals surface area contributed by atoms with E-state index in [0.29, 0.717) is 5.82 Å². The summed E-state index contributed by atoms with van der Waals surface area (Å²) in [5.41, 5.74) is 2.24. The first-order valence-corrected chi connectivity index (χ1v) is 11.7. The molecule has 0 bridgehead atoms. The van der Waals surface area contributed by atoms with Gasteiger partial charge in [-0.3, -0.25) is 14.4 Å². The molecule has 35 heavy (non-hydrogen) atoms. The molecule has 1 aromatic heterocycles. The normalized spacial score (nSPS) is 13.2. The molecule has 0 saturated carbocycles. The molecule has 0 amide bonds. The van der Waals surface area contributed by atoms with Crippen LogP contribution >= 0.6 is 0 Å². The lowest BCUT2D eigenvalue weighted by molar-refractivity contribution is -0.137. The Balaban J connectivity index is 1.97. The second-order valence-electron chi connectivity index (χ2n) is 9.90. The van der Waals surface area contributed by atoms with Crippen molar-refractivity contribution in [3.8, 4) is 5.69 Å². The van der Waals surface area contributed by atoms with Crippen LogP contribution in [0.25, 0.3) is 5.69 Å². The molecule has 2 aromatic carbocycles. The number of nitrogens with one attached hydrogen (secondary N) is 1. The number of aliphatic carboxylic acids is 1. The maximum absolute atomic E-state index is 13.6. The van der Waals surface area contributed by atoms with Crippen molar-refractivity contribution in [1.82, 2.24) is 9.78 Å². The number of Topliss-reactive ketones (excluding diaryl/α,β-unsaturated/α-hetero) is 2. The summed E-state index contributed by atoms with van der Waals surface area (Å²) in [7, 11) is 0. The number of para-hydroxylation sites is 1. The Hall–Kier alpha value is -3.74. The van der Waals surface area contributed by atoms with Gasteiger partial charge in [0.2, 0.25) is 0 Å². The maximum Gasteiger partial charge on any atom is 0.303 e. The van der Waals surface area contributed by atoms with Crippen LogP contribution in [-0.4, -0.2) is 39.0 Å². The molecule has 0 radical (unpaired) electrons. The molecular formula is C28H33N3O4. The van der Waals surface area contributed by atoms with Crippen molar-refractivity contribution in [2.24, 2.45) is 11.3 Å². The first kappa shape index (κ1) is 25.9. The molecule has 0 saturated heterocycles. The number of benzene rings is 2. The number of hydrogen-bond acceptors (Lipinski definition) is 5. The number of carboxylic acid groups (broad SMARTS) is 1.